The Hall–Kier alpha value is -0.690. The Morgan fingerprint density at radius 2 is 2.33 bits per heavy atom. The number of amides is 1. The largest absolute Gasteiger partial charge is 0.383 e. The van der Waals surface area contributed by atoms with E-state index < -0.39 is 0 Å². The van der Waals surface area contributed by atoms with Gasteiger partial charge in [-0.3, -0.25) is 9.69 Å². The summed E-state index contributed by atoms with van der Waals surface area (Å²) in [5.74, 6) is 0.0184. The molecule has 1 rings (SSSR count). The highest BCUT2D eigenvalue weighted by molar-refractivity contribution is 5.78. The molecule has 0 radical (unpaired) electrons. The molecule has 0 bridgehead atoms. The first-order valence-electron chi connectivity index (χ1n) is 6.40. The molecule has 3 atom stereocenters. The summed E-state index contributed by atoms with van der Waals surface area (Å²) in [5, 5.41) is 2.89. The molecule has 0 saturated carbocycles. The maximum absolute atomic E-state index is 11.8. The van der Waals surface area contributed by atoms with E-state index in [0.29, 0.717) is 26.3 Å². The Kier molecular flexibility index (Phi) is 6.56. The van der Waals surface area contributed by atoms with Gasteiger partial charge in [0.2, 0.25) is 5.91 Å². The quantitative estimate of drug-likeness (QED) is 0.652. The number of nitrogens with two attached hydrogens (primary N) is 1. The molecule has 6 nitrogen and oxygen atoms in total. The second-order valence-electron chi connectivity index (χ2n) is 4.93. The van der Waals surface area contributed by atoms with Crippen LogP contribution in [-0.2, 0) is 14.3 Å². The lowest BCUT2D eigenvalue weighted by atomic mass is 10.1. The van der Waals surface area contributed by atoms with Crippen LogP contribution in [0.2, 0.25) is 0 Å². The average molecular weight is 259 g/mol. The second kappa shape index (κ2) is 7.68. The zero-order chi connectivity index (χ0) is 13.5. The number of nitrogens with zero attached hydrogens (tertiary/aromatic N) is 1. The molecule has 3 N–H and O–H groups in total. The fourth-order valence-electron chi connectivity index (χ4n) is 2.01. The van der Waals surface area contributed by atoms with Crippen molar-refractivity contribution in [2.24, 2.45) is 5.73 Å². The van der Waals surface area contributed by atoms with Gasteiger partial charge in [-0.2, -0.15) is 0 Å². The lowest BCUT2D eigenvalue weighted by molar-refractivity contribution is -0.125. The Labute approximate surface area is 109 Å². The monoisotopic (exact) mass is 259 g/mol. The number of rotatable bonds is 6. The van der Waals surface area contributed by atoms with Crippen LogP contribution in [-0.4, -0.2) is 69.0 Å². The Balaban J connectivity index is 2.30. The molecule has 1 amide bonds. The standard InChI is InChI=1S/C12H25N3O3/c1-9(8-17-3)14-12(16)7-15-4-5-18-11(6-15)10(2)13/h9-11H,4-8,13H2,1-3H3,(H,14,16). The van der Waals surface area contributed by atoms with E-state index in [2.05, 4.69) is 10.2 Å². The maximum Gasteiger partial charge on any atom is 0.234 e. The molecule has 3 unspecified atom stereocenters. The molecule has 6 heteroatoms. The first-order chi connectivity index (χ1) is 8.52. The molecule has 106 valence electrons. The van der Waals surface area contributed by atoms with Crippen molar-refractivity contribution in [3.05, 3.63) is 0 Å². The van der Waals surface area contributed by atoms with Gasteiger partial charge in [0.25, 0.3) is 0 Å². The van der Waals surface area contributed by atoms with Gasteiger partial charge in [0.05, 0.1) is 25.9 Å². The summed E-state index contributed by atoms with van der Waals surface area (Å²) in [6.07, 6.45) is 0.0166. The van der Waals surface area contributed by atoms with Gasteiger partial charge in [0, 0.05) is 32.3 Å². The van der Waals surface area contributed by atoms with Crippen molar-refractivity contribution in [1.82, 2.24) is 10.2 Å². The van der Waals surface area contributed by atoms with Crippen molar-refractivity contribution in [2.75, 3.05) is 40.0 Å². The lowest BCUT2D eigenvalue weighted by Crippen LogP contribution is -2.52. The van der Waals surface area contributed by atoms with Crippen LogP contribution in [0.3, 0.4) is 0 Å². The number of hydrogen-bond acceptors (Lipinski definition) is 5. The lowest BCUT2D eigenvalue weighted by Gasteiger charge is -2.34. The Morgan fingerprint density at radius 1 is 1.61 bits per heavy atom. The zero-order valence-corrected chi connectivity index (χ0v) is 11.5. The fourth-order valence-corrected chi connectivity index (χ4v) is 2.01. The maximum atomic E-state index is 11.8. The molecule has 0 aromatic carbocycles. The molecule has 0 aliphatic carbocycles. The predicted molar refractivity (Wildman–Crippen MR) is 69.3 cm³/mol. The highest BCUT2D eigenvalue weighted by Crippen LogP contribution is 2.07. The van der Waals surface area contributed by atoms with E-state index in [1.807, 2.05) is 13.8 Å². The van der Waals surface area contributed by atoms with Crippen molar-refractivity contribution in [1.29, 1.82) is 0 Å². The van der Waals surface area contributed by atoms with Crippen molar-refractivity contribution in [2.45, 2.75) is 32.0 Å². The van der Waals surface area contributed by atoms with E-state index in [1.54, 1.807) is 7.11 Å². The summed E-state index contributed by atoms with van der Waals surface area (Å²) < 4.78 is 10.5. The van der Waals surface area contributed by atoms with Crippen molar-refractivity contribution < 1.29 is 14.3 Å². The molecular formula is C12H25N3O3. The van der Waals surface area contributed by atoms with Gasteiger partial charge < -0.3 is 20.5 Å². The smallest absolute Gasteiger partial charge is 0.234 e. The fraction of sp³-hybridized carbons (Fsp3) is 0.917. The normalized spacial score (nSPS) is 24.6. The van der Waals surface area contributed by atoms with Crippen LogP contribution in [0.15, 0.2) is 0 Å². The van der Waals surface area contributed by atoms with Gasteiger partial charge in [-0.15, -0.1) is 0 Å². The van der Waals surface area contributed by atoms with Crippen molar-refractivity contribution in [3.8, 4) is 0 Å². The third kappa shape index (κ3) is 5.30. The van der Waals surface area contributed by atoms with E-state index in [9.17, 15) is 4.79 Å². The molecule has 0 spiro atoms. The van der Waals surface area contributed by atoms with Gasteiger partial charge in [-0.25, -0.2) is 0 Å². The topological polar surface area (TPSA) is 76.8 Å². The van der Waals surface area contributed by atoms with Crippen LogP contribution in [0.25, 0.3) is 0 Å². The molecule has 1 aliphatic heterocycles. The van der Waals surface area contributed by atoms with E-state index in [0.717, 1.165) is 6.54 Å². The van der Waals surface area contributed by atoms with Crippen LogP contribution in [0.5, 0.6) is 0 Å². The Bertz CT molecular complexity index is 261. The van der Waals surface area contributed by atoms with Crippen LogP contribution >= 0.6 is 0 Å². The third-order valence-electron chi connectivity index (χ3n) is 2.96. The zero-order valence-electron chi connectivity index (χ0n) is 11.5. The van der Waals surface area contributed by atoms with Crippen LogP contribution in [0.1, 0.15) is 13.8 Å². The number of hydrogen-bond donors (Lipinski definition) is 2. The first-order valence-corrected chi connectivity index (χ1v) is 6.40. The molecule has 0 aromatic heterocycles. The summed E-state index contributed by atoms with van der Waals surface area (Å²) in [5.41, 5.74) is 5.81. The molecule has 1 fully saturated rings. The molecule has 1 heterocycles. The van der Waals surface area contributed by atoms with E-state index in [1.165, 1.54) is 0 Å². The number of methoxy groups -OCH3 is 1. The minimum absolute atomic E-state index is 0.0109. The van der Waals surface area contributed by atoms with Crippen LogP contribution in [0.4, 0.5) is 0 Å². The van der Waals surface area contributed by atoms with Gasteiger partial charge in [-0.1, -0.05) is 0 Å². The molecular weight excluding hydrogens is 234 g/mol. The molecule has 1 aliphatic rings. The number of morpholine rings is 1. The Morgan fingerprint density at radius 3 is 2.94 bits per heavy atom. The second-order valence-corrected chi connectivity index (χ2v) is 4.93. The number of nitrogens with one attached hydrogen (secondary N) is 1. The van der Waals surface area contributed by atoms with Gasteiger partial charge in [0.1, 0.15) is 0 Å². The highest BCUT2D eigenvalue weighted by atomic mass is 16.5. The number of carbonyl (C=O) groups excluding carboxylic acids is 1. The highest BCUT2D eigenvalue weighted by Gasteiger charge is 2.24. The summed E-state index contributed by atoms with van der Waals surface area (Å²) >= 11 is 0. The van der Waals surface area contributed by atoms with Crippen molar-refractivity contribution >= 4 is 5.91 Å². The number of carbonyl (C=O) groups is 1. The summed E-state index contributed by atoms with van der Waals surface area (Å²) in [4.78, 5) is 13.9. The summed E-state index contributed by atoms with van der Waals surface area (Å²) in [6.45, 7) is 6.88. The van der Waals surface area contributed by atoms with E-state index in [-0.39, 0.29) is 24.1 Å². The predicted octanol–water partition coefficient (Wildman–Crippen LogP) is -0.814. The first kappa shape index (κ1) is 15.4. The third-order valence-corrected chi connectivity index (χ3v) is 2.96. The van der Waals surface area contributed by atoms with Gasteiger partial charge in [0.15, 0.2) is 0 Å². The molecule has 1 saturated heterocycles. The minimum Gasteiger partial charge on any atom is -0.383 e. The molecule has 0 aromatic rings. The SMILES string of the molecule is COCC(C)NC(=O)CN1CCOC(C(C)N)C1. The summed E-state index contributed by atoms with van der Waals surface area (Å²) in [6, 6.07) is 0.0241. The van der Waals surface area contributed by atoms with Crippen LogP contribution in [0, 0.1) is 0 Å². The average Bonchev–Trinajstić information content (AvgIpc) is 2.29. The van der Waals surface area contributed by atoms with E-state index in [4.69, 9.17) is 15.2 Å². The minimum atomic E-state index is -0.0109. The van der Waals surface area contributed by atoms with E-state index >= 15 is 0 Å². The summed E-state index contributed by atoms with van der Waals surface area (Å²) in [7, 11) is 1.62. The number of ether oxygens (including phenoxy) is 2. The van der Waals surface area contributed by atoms with Crippen LogP contribution < -0.4 is 11.1 Å². The van der Waals surface area contributed by atoms with Gasteiger partial charge in [-0.05, 0) is 13.8 Å². The van der Waals surface area contributed by atoms with Crippen molar-refractivity contribution in [3.63, 3.8) is 0 Å². The molecule has 18 heavy (non-hydrogen) atoms. The van der Waals surface area contributed by atoms with Gasteiger partial charge >= 0.3 is 0 Å².